The molecule has 15 heavy (non-hydrogen) atoms. The molecule has 0 saturated heterocycles. The SMILES string of the molecule is Cn1cc(C#N)c(-c2cccs2)nc1=O. The lowest BCUT2D eigenvalue weighted by Gasteiger charge is -2.01. The zero-order valence-electron chi connectivity index (χ0n) is 7.97. The predicted octanol–water partition coefficient (Wildman–Crippen LogP) is 1.38. The van der Waals surface area contributed by atoms with Crippen molar-refractivity contribution in [1.82, 2.24) is 9.55 Å². The lowest BCUT2D eigenvalue weighted by atomic mass is 10.2. The van der Waals surface area contributed by atoms with Crippen LogP contribution in [0.1, 0.15) is 5.56 Å². The van der Waals surface area contributed by atoms with Gasteiger partial charge in [0, 0.05) is 13.2 Å². The smallest absolute Gasteiger partial charge is 0.301 e. The molecular formula is C10H7N3OS. The van der Waals surface area contributed by atoms with Crippen LogP contribution >= 0.6 is 11.3 Å². The van der Waals surface area contributed by atoms with Crippen molar-refractivity contribution >= 4 is 11.3 Å². The highest BCUT2D eigenvalue weighted by Gasteiger charge is 2.09. The van der Waals surface area contributed by atoms with E-state index in [9.17, 15) is 4.79 Å². The Bertz CT molecular complexity index is 578. The molecule has 0 aliphatic rings. The van der Waals surface area contributed by atoms with Gasteiger partial charge in [-0.15, -0.1) is 11.3 Å². The van der Waals surface area contributed by atoms with E-state index in [1.54, 1.807) is 7.05 Å². The molecule has 2 aromatic rings. The largest absolute Gasteiger partial charge is 0.347 e. The molecule has 0 spiro atoms. The van der Waals surface area contributed by atoms with Gasteiger partial charge >= 0.3 is 5.69 Å². The fourth-order valence-electron chi connectivity index (χ4n) is 1.23. The summed E-state index contributed by atoms with van der Waals surface area (Å²) in [6.07, 6.45) is 1.50. The first-order valence-electron chi connectivity index (χ1n) is 4.24. The Kier molecular flexibility index (Phi) is 2.35. The summed E-state index contributed by atoms with van der Waals surface area (Å²) in [6, 6.07) is 5.74. The minimum atomic E-state index is -0.350. The van der Waals surface area contributed by atoms with Crippen LogP contribution in [0.4, 0.5) is 0 Å². The topological polar surface area (TPSA) is 58.7 Å². The number of thiophene rings is 1. The van der Waals surface area contributed by atoms with Gasteiger partial charge in [-0.3, -0.25) is 0 Å². The standard InChI is InChI=1S/C10H7N3OS/c1-13-6-7(5-11)9(12-10(13)14)8-3-2-4-15-8/h2-4,6H,1H3. The van der Waals surface area contributed by atoms with Crippen molar-refractivity contribution in [3.05, 3.63) is 39.8 Å². The highest BCUT2D eigenvalue weighted by atomic mass is 32.1. The summed E-state index contributed by atoms with van der Waals surface area (Å²) in [4.78, 5) is 16.1. The van der Waals surface area contributed by atoms with Gasteiger partial charge in [-0.2, -0.15) is 10.2 Å². The molecule has 0 aliphatic heterocycles. The lowest BCUT2D eigenvalue weighted by molar-refractivity contribution is 0.810. The molecule has 2 heterocycles. The first kappa shape index (κ1) is 9.62. The summed E-state index contributed by atoms with van der Waals surface area (Å²) < 4.78 is 1.30. The molecule has 2 aromatic heterocycles. The van der Waals surface area contributed by atoms with Crippen molar-refractivity contribution in [1.29, 1.82) is 5.26 Å². The third-order valence-electron chi connectivity index (χ3n) is 1.96. The molecule has 5 heteroatoms. The molecule has 0 radical (unpaired) electrons. The summed E-state index contributed by atoms with van der Waals surface area (Å²) in [5.41, 5.74) is 0.535. The van der Waals surface area contributed by atoms with Gasteiger partial charge in [0.25, 0.3) is 0 Å². The fraction of sp³-hybridized carbons (Fsp3) is 0.100. The Balaban J connectivity index is 2.72. The van der Waals surface area contributed by atoms with E-state index in [-0.39, 0.29) is 5.69 Å². The van der Waals surface area contributed by atoms with Crippen LogP contribution in [0.2, 0.25) is 0 Å². The monoisotopic (exact) mass is 217 g/mol. The van der Waals surface area contributed by atoms with Crippen LogP contribution in [0.25, 0.3) is 10.6 Å². The van der Waals surface area contributed by atoms with Gasteiger partial charge in [0.15, 0.2) is 0 Å². The molecule has 0 fully saturated rings. The van der Waals surface area contributed by atoms with E-state index in [1.165, 1.54) is 22.1 Å². The number of hydrogen-bond donors (Lipinski definition) is 0. The van der Waals surface area contributed by atoms with Gasteiger partial charge in [0.05, 0.1) is 10.4 Å². The molecular weight excluding hydrogens is 210 g/mol. The van der Waals surface area contributed by atoms with Gasteiger partial charge in [0.2, 0.25) is 0 Å². The van der Waals surface area contributed by atoms with Gasteiger partial charge < -0.3 is 4.57 Å². The number of hydrogen-bond acceptors (Lipinski definition) is 4. The maximum absolute atomic E-state index is 11.4. The van der Waals surface area contributed by atoms with Crippen molar-refractivity contribution in [2.45, 2.75) is 0 Å². The van der Waals surface area contributed by atoms with Crippen LogP contribution in [-0.2, 0) is 7.05 Å². The highest BCUT2D eigenvalue weighted by Crippen LogP contribution is 2.24. The number of nitriles is 1. The Morgan fingerprint density at radius 1 is 1.60 bits per heavy atom. The van der Waals surface area contributed by atoms with E-state index < -0.39 is 0 Å². The normalized spacial score (nSPS) is 9.87. The molecule has 0 aromatic carbocycles. The van der Waals surface area contributed by atoms with E-state index in [2.05, 4.69) is 4.98 Å². The Morgan fingerprint density at radius 3 is 3.00 bits per heavy atom. The third kappa shape index (κ3) is 1.67. The first-order chi connectivity index (χ1) is 7.22. The minimum Gasteiger partial charge on any atom is -0.301 e. The molecule has 0 N–H and O–H groups in total. The maximum atomic E-state index is 11.4. The second-order valence-electron chi connectivity index (χ2n) is 2.99. The summed E-state index contributed by atoms with van der Waals surface area (Å²) in [7, 11) is 1.58. The molecule has 0 amide bonds. The average molecular weight is 217 g/mol. The van der Waals surface area contributed by atoms with Crippen molar-refractivity contribution in [2.75, 3.05) is 0 Å². The van der Waals surface area contributed by atoms with Crippen molar-refractivity contribution in [3.63, 3.8) is 0 Å². The van der Waals surface area contributed by atoms with E-state index in [1.807, 2.05) is 23.6 Å². The lowest BCUT2D eigenvalue weighted by Crippen LogP contribution is -2.20. The van der Waals surface area contributed by atoms with Crippen LogP contribution < -0.4 is 5.69 Å². The summed E-state index contributed by atoms with van der Waals surface area (Å²) >= 11 is 1.46. The highest BCUT2D eigenvalue weighted by molar-refractivity contribution is 7.13. The van der Waals surface area contributed by atoms with E-state index in [4.69, 9.17) is 5.26 Å². The summed E-state index contributed by atoms with van der Waals surface area (Å²) in [6.45, 7) is 0. The Morgan fingerprint density at radius 2 is 2.40 bits per heavy atom. The molecule has 0 unspecified atom stereocenters. The Labute approximate surface area is 90.1 Å². The number of rotatable bonds is 1. The van der Waals surface area contributed by atoms with Crippen LogP contribution in [0.15, 0.2) is 28.5 Å². The molecule has 0 saturated carbocycles. The summed E-state index contributed by atoms with van der Waals surface area (Å²) in [5.74, 6) is 0. The number of aromatic nitrogens is 2. The first-order valence-corrected chi connectivity index (χ1v) is 5.12. The molecule has 0 aliphatic carbocycles. The summed E-state index contributed by atoms with van der Waals surface area (Å²) in [5, 5.41) is 10.8. The quantitative estimate of drug-likeness (QED) is 0.725. The molecule has 0 atom stereocenters. The van der Waals surface area contributed by atoms with Crippen molar-refractivity contribution in [2.24, 2.45) is 7.05 Å². The van der Waals surface area contributed by atoms with Crippen molar-refractivity contribution < 1.29 is 0 Å². The van der Waals surface area contributed by atoms with Crippen LogP contribution in [-0.4, -0.2) is 9.55 Å². The van der Waals surface area contributed by atoms with Crippen molar-refractivity contribution in [3.8, 4) is 16.6 Å². The average Bonchev–Trinajstić information content (AvgIpc) is 2.74. The zero-order valence-corrected chi connectivity index (χ0v) is 8.78. The molecule has 74 valence electrons. The Hall–Kier alpha value is -1.93. The maximum Gasteiger partial charge on any atom is 0.347 e. The third-order valence-corrected chi connectivity index (χ3v) is 2.84. The second kappa shape index (κ2) is 3.67. The van der Waals surface area contributed by atoms with Gasteiger partial charge in [0.1, 0.15) is 11.8 Å². The van der Waals surface area contributed by atoms with E-state index in [0.29, 0.717) is 11.3 Å². The molecule has 2 rings (SSSR count). The van der Waals surface area contributed by atoms with Crippen LogP contribution in [0, 0.1) is 11.3 Å². The second-order valence-corrected chi connectivity index (χ2v) is 3.93. The molecule has 0 bridgehead atoms. The van der Waals surface area contributed by atoms with E-state index in [0.717, 1.165) is 4.88 Å². The van der Waals surface area contributed by atoms with Gasteiger partial charge in [-0.05, 0) is 11.4 Å². The number of nitrogens with zero attached hydrogens (tertiary/aromatic N) is 3. The van der Waals surface area contributed by atoms with Gasteiger partial charge in [-0.1, -0.05) is 6.07 Å². The molecule has 4 nitrogen and oxygen atoms in total. The number of aryl methyl sites for hydroxylation is 1. The minimum absolute atomic E-state index is 0.350. The zero-order chi connectivity index (χ0) is 10.8. The van der Waals surface area contributed by atoms with Crippen LogP contribution in [0.3, 0.4) is 0 Å². The van der Waals surface area contributed by atoms with Crippen LogP contribution in [0.5, 0.6) is 0 Å². The van der Waals surface area contributed by atoms with E-state index >= 15 is 0 Å². The fourth-order valence-corrected chi connectivity index (χ4v) is 1.96. The van der Waals surface area contributed by atoms with Gasteiger partial charge in [-0.25, -0.2) is 4.79 Å². The predicted molar refractivity (Wildman–Crippen MR) is 57.5 cm³/mol.